The molecule has 3 N–H and O–H groups in total. The van der Waals surface area contributed by atoms with E-state index >= 15 is 0 Å². The van der Waals surface area contributed by atoms with E-state index in [0.29, 0.717) is 0 Å². The molecule has 0 radical (unpaired) electrons. The summed E-state index contributed by atoms with van der Waals surface area (Å²) in [6, 6.07) is 12.4. The van der Waals surface area contributed by atoms with Crippen molar-refractivity contribution in [2.45, 2.75) is 20.1 Å². The Bertz CT molecular complexity index is 1490. The Morgan fingerprint density at radius 1 is 1.14 bits per heavy atom. The quantitative estimate of drug-likeness (QED) is 0.160. The third-order valence-corrected chi connectivity index (χ3v) is 6.87. The number of aromatic nitrogens is 4. The highest BCUT2D eigenvalue weighted by atomic mass is 31.2. The minimum absolute atomic E-state index is 0.0240. The number of nitrogens with zero attached hydrogens (tertiary/aromatic N) is 3. The van der Waals surface area contributed by atoms with Gasteiger partial charge in [-0.1, -0.05) is 29.8 Å². The first-order valence-electron chi connectivity index (χ1n) is 11.2. The van der Waals surface area contributed by atoms with E-state index in [1.807, 2.05) is 31.2 Å². The molecule has 0 spiro atoms. The number of Topliss-reactive ketones (excluding diaryl/α,β-unsaturated/α-hetero) is 1. The van der Waals surface area contributed by atoms with Crippen LogP contribution in [0, 0.1) is 12.7 Å². The minimum atomic E-state index is -3.88. The number of aromatic amines is 1. The summed E-state index contributed by atoms with van der Waals surface area (Å²) >= 11 is 0. The van der Waals surface area contributed by atoms with E-state index in [1.165, 1.54) is 18.5 Å². The molecular weight excluding hydrogens is 504 g/mol. The fraction of sp³-hybridized carbons (Fsp3) is 0.250. The third kappa shape index (κ3) is 6.95. The number of anilines is 1. The van der Waals surface area contributed by atoms with Crippen LogP contribution < -0.4 is 11.3 Å². The Morgan fingerprint density at radius 3 is 2.59 bits per heavy atom. The van der Waals surface area contributed by atoms with Gasteiger partial charge in [-0.25, -0.2) is 9.37 Å². The van der Waals surface area contributed by atoms with Crippen molar-refractivity contribution in [1.82, 2.24) is 19.5 Å². The van der Waals surface area contributed by atoms with Crippen LogP contribution in [0.25, 0.3) is 11.2 Å². The number of hydrogen-bond donors (Lipinski definition) is 2. The largest absolute Gasteiger partial charge is 0.369 e. The number of ether oxygens (including phenoxy) is 1. The van der Waals surface area contributed by atoms with E-state index in [-0.39, 0.29) is 42.4 Å². The van der Waals surface area contributed by atoms with Gasteiger partial charge in [0.2, 0.25) is 5.95 Å². The van der Waals surface area contributed by atoms with Crippen LogP contribution in [0.15, 0.2) is 59.7 Å². The number of halogens is 1. The highest BCUT2D eigenvalue weighted by molar-refractivity contribution is 7.53. The van der Waals surface area contributed by atoms with Crippen LogP contribution in [0.5, 0.6) is 0 Å². The van der Waals surface area contributed by atoms with Crippen LogP contribution in [0.3, 0.4) is 0 Å². The summed E-state index contributed by atoms with van der Waals surface area (Å²) < 4.78 is 44.8. The number of H-pyrrole nitrogens is 1. The molecule has 0 aliphatic heterocycles. The molecule has 0 saturated carbocycles. The summed E-state index contributed by atoms with van der Waals surface area (Å²) in [6.45, 7) is 1.64. The van der Waals surface area contributed by atoms with Gasteiger partial charge in [0, 0.05) is 12.1 Å². The van der Waals surface area contributed by atoms with Crippen LogP contribution in [-0.4, -0.2) is 44.9 Å². The zero-order valence-corrected chi connectivity index (χ0v) is 20.8. The molecule has 37 heavy (non-hydrogen) atoms. The molecule has 0 saturated heterocycles. The zero-order valence-electron chi connectivity index (χ0n) is 19.9. The standard InChI is InChI=1S/C24H25FN5O6P/c1-16-2-4-17(5-3-16)12-35-37(33,36-13-20(31)18-6-8-19(25)9-7-18)15-34-11-10-30-14-27-21-22(30)28-24(26)29-23(21)32/h2-9,14H,10-13,15H2,1H3,(H3,26,28,29,32). The van der Waals surface area contributed by atoms with Gasteiger partial charge in [0.25, 0.3) is 5.56 Å². The second-order valence-corrected chi connectivity index (χ2v) is 10.2. The number of ketones is 1. The highest BCUT2D eigenvalue weighted by Crippen LogP contribution is 2.49. The van der Waals surface area contributed by atoms with Crippen molar-refractivity contribution in [2.75, 3.05) is 25.3 Å². The van der Waals surface area contributed by atoms with Crippen molar-refractivity contribution in [3.05, 3.63) is 87.7 Å². The number of fused-ring (bicyclic) bond motifs is 1. The highest BCUT2D eigenvalue weighted by Gasteiger charge is 2.27. The number of nitrogen functional groups attached to an aromatic ring is 1. The lowest BCUT2D eigenvalue weighted by Crippen LogP contribution is -2.14. The Kier molecular flexibility index (Phi) is 8.24. The number of imidazole rings is 1. The van der Waals surface area contributed by atoms with Gasteiger partial charge in [-0.3, -0.25) is 23.7 Å². The topological polar surface area (TPSA) is 151 Å². The summed E-state index contributed by atoms with van der Waals surface area (Å²) in [5.74, 6) is -1.02. The molecule has 194 valence electrons. The molecule has 0 aliphatic rings. The average Bonchev–Trinajstić information content (AvgIpc) is 3.28. The Labute approximate surface area is 210 Å². The van der Waals surface area contributed by atoms with Crippen molar-refractivity contribution < 1.29 is 27.5 Å². The first-order valence-corrected chi connectivity index (χ1v) is 13.0. The van der Waals surface area contributed by atoms with Crippen molar-refractivity contribution in [3.63, 3.8) is 0 Å². The minimum Gasteiger partial charge on any atom is -0.369 e. The number of hydrogen-bond acceptors (Lipinski definition) is 9. The normalized spacial score (nSPS) is 13.0. The Balaban J connectivity index is 1.39. The molecule has 2 aromatic heterocycles. The lowest BCUT2D eigenvalue weighted by molar-refractivity contribution is 0.0855. The van der Waals surface area contributed by atoms with Crippen LogP contribution in [0.4, 0.5) is 10.3 Å². The first-order chi connectivity index (χ1) is 17.7. The monoisotopic (exact) mass is 529 g/mol. The second kappa shape index (κ2) is 11.6. The molecule has 4 aromatic rings. The molecule has 4 rings (SSSR count). The first kappa shape index (κ1) is 26.4. The van der Waals surface area contributed by atoms with Gasteiger partial charge in [-0.15, -0.1) is 0 Å². The predicted octanol–water partition coefficient (Wildman–Crippen LogP) is 3.43. The van der Waals surface area contributed by atoms with Crippen molar-refractivity contribution in [1.29, 1.82) is 0 Å². The van der Waals surface area contributed by atoms with E-state index in [9.17, 15) is 18.5 Å². The van der Waals surface area contributed by atoms with Crippen LogP contribution in [-0.2, 0) is 31.5 Å². The molecule has 2 aromatic carbocycles. The smallest absolute Gasteiger partial charge is 0.356 e. The summed E-state index contributed by atoms with van der Waals surface area (Å²) in [6.07, 6.45) is 0.986. The summed E-state index contributed by atoms with van der Waals surface area (Å²) in [5, 5.41) is 0. The van der Waals surface area contributed by atoms with Gasteiger partial charge in [-0.2, -0.15) is 4.98 Å². The maximum absolute atomic E-state index is 13.4. The molecule has 0 aliphatic carbocycles. The van der Waals surface area contributed by atoms with Gasteiger partial charge in [0.1, 0.15) is 18.8 Å². The van der Waals surface area contributed by atoms with Gasteiger partial charge in [-0.05, 0) is 36.8 Å². The molecule has 0 bridgehead atoms. The molecule has 0 amide bonds. The second-order valence-electron chi connectivity index (χ2n) is 8.17. The van der Waals surface area contributed by atoms with Crippen LogP contribution in [0.1, 0.15) is 21.5 Å². The summed E-state index contributed by atoms with van der Waals surface area (Å²) in [7, 11) is -3.88. The van der Waals surface area contributed by atoms with Gasteiger partial charge >= 0.3 is 7.60 Å². The molecule has 1 unspecified atom stereocenters. The predicted molar refractivity (Wildman–Crippen MR) is 134 cm³/mol. The van der Waals surface area contributed by atoms with Crippen molar-refractivity contribution in [3.8, 4) is 0 Å². The number of benzene rings is 2. The zero-order chi connectivity index (χ0) is 26.4. The van der Waals surface area contributed by atoms with E-state index in [0.717, 1.165) is 23.3 Å². The van der Waals surface area contributed by atoms with Crippen LogP contribution >= 0.6 is 7.60 Å². The van der Waals surface area contributed by atoms with E-state index in [1.54, 1.807) is 4.57 Å². The summed E-state index contributed by atoms with van der Waals surface area (Å²) in [4.78, 5) is 34.9. The number of carbonyl (C=O) groups excluding carboxylic acids is 1. The van der Waals surface area contributed by atoms with Gasteiger partial charge in [0.15, 0.2) is 16.9 Å². The fourth-order valence-corrected chi connectivity index (χ4v) is 4.55. The maximum atomic E-state index is 13.4. The molecule has 2 heterocycles. The lowest BCUT2D eigenvalue weighted by atomic mass is 10.1. The number of rotatable bonds is 12. The van der Waals surface area contributed by atoms with E-state index < -0.39 is 37.7 Å². The molecule has 13 heteroatoms. The van der Waals surface area contributed by atoms with Gasteiger partial charge < -0.3 is 19.6 Å². The molecule has 1 atom stereocenters. The maximum Gasteiger partial charge on any atom is 0.356 e. The Hall–Kier alpha value is -3.70. The lowest BCUT2D eigenvalue weighted by Gasteiger charge is -2.19. The average molecular weight is 529 g/mol. The van der Waals surface area contributed by atoms with E-state index in [2.05, 4.69) is 15.0 Å². The third-order valence-electron chi connectivity index (χ3n) is 5.33. The molecular formula is C24H25FN5O6P. The van der Waals surface area contributed by atoms with Crippen LogP contribution in [0.2, 0.25) is 0 Å². The molecule has 11 nitrogen and oxygen atoms in total. The Morgan fingerprint density at radius 2 is 1.86 bits per heavy atom. The number of nitrogens with two attached hydrogens (primary N) is 1. The number of carbonyl (C=O) groups is 1. The van der Waals surface area contributed by atoms with Crippen molar-refractivity contribution >= 4 is 30.5 Å². The molecule has 0 fully saturated rings. The fourth-order valence-electron chi connectivity index (χ4n) is 3.32. The van der Waals surface area contributed by atoms with Gasteiger partial charge in [0.05, 0.1) is 19.5 Å². The van der Waals surface area contributed by atoms with E-state index in [4.69, 9.17) is 19.5 Å². The summed E-state index contributed by atoms with van der Waals surface area (Å²) in [5.41, 5.74) is 7.58. The van der Waals surface area contributed by atoms with Crippen molar-refractivity contribution in [2.24, 2.45) is 0 Å². The SMILES string of the molecule is Cc1ccc(COP(=O)(COCCn2cnc3c(=O)[nH]c(N)nc32)OCC(=O)c2ccc(F)cc2)cc1. The number of aryl methyl sites for hydroxylation is 1. The number of nitrogens with one attached hydrogen (secondary N) is 1.